The summed E-state index contributed by atoms with van der Waals surface area (Å²) in [6.45, 7) is 0.993. The lowest BCUT2D eigenvalue weighted by Crippen LogP contribution is -2.33. The van der Waals surface area contributed by atoms with Gasteiger partial charge in [-0.3, -0.25) is 0 Å². The number of benzene rings is 1. The Morgan fingerprint density at radius 2 is 1.90 bits per heavy atom. The Labute approximate surface area is 136 Å². The summed E-state index contributed by atoms with van der Waals surface area (Å²) in [5.41, 5.74) is 0.896. The second kappa shape index (κ2) is 8.51. The lowest BCUT2D eigenvalue weighted by molar-refractivity contribution is 0.0996. The second-order valence-corrected chi connectivity index (χ2v) is 6.35. The number of aliphatic hydroxyl groups is 2. The predicted octanol–water partition coefficient (Wildman–Crippen LogP) is 2.57. The van der Waals surface area contributed by atoms with Gasteiger partial charge >= 0.3 is 0 Å². The van der Waals surface area contributed by atoms with Crippen LogP contribution >= 0.6 is 27.3 Å². The third kappa shape index (κ3) is 5.76. The first-order chi connectivity index (χ1) is 10.1. The average molecular weight is 372 g/mol. The molecule has 0 aliphatic rings. The van der Waals surface area contributed by atoms with E-state index in [4.69, 9.17) is 4.74 Å². The molecule has 0 aliphatic heterocycles. The molecule has 3 N–H and O–H groups in total. The van der Waals surface area contributed by atoms with Crippen LogP contribution in [-0.4, -0.2) is 36.0 Å². The monoisotopic (exact) mass is 371 g/mol. The zero-order chi connectivity index (χ0) is 15.1. The second-order valence-electron chi connectivity index (χ2n) is 4.65. The quantitative estimate of drug-likeness (QED) is 0.667. The molecule has 0 spiro atoms. The largest absolute Gasteiger partial charge is 0.491 e. The fourth-order valence-corrected chi connectivity index (χ4v) is 2.72. The number of nitrogens with one attached hydrogen (secondary N) is 1. The van der Waals surface area contributed by atoms with Crippen LogP contribution in [0.15, 0.2) is 45.6 Å². The Kier molecular flexibility index (Phi) is 6.66. The van der Waals surface area contributed by atoms with Gasteiger partial charge in [0.05, 0.1) is 6.10 Å². The van der Waals surface area contributed by atoms with Gasteiger partial charge in [-0.25, -0.2) is 0 Å². The minimum absolute atomic E-state index is 0.211. The van der Waals surface area contributed by atoms with Crippen LogP contribution in [-0.2, 0) is 0 Å². The molecule has 0 saturated carbocycles. The Morgan fingerprint density at radius 1 is 1.14 bits per heavy atom. The molecule has 1 aromatic carbocycles. The molecule has 2 aromatic rings. The molecule has 21 heavy (non-hydrogen) atoms. The highest BCUT2D eigenvalue weighted by Gasteiger charge is 2.09. The molecule has 2 atom stereocenters. The zero-order valence-electron chi connectivity index (χ0n) is 11.4. The van der Waals surface area contributed by atoms with E-state index in [2.05, 4.69) is 21.2 Å². The highest BCUT2D eigenvalue weighted by molar-refractivity contribution is 9.10. The molecule has 0 amide bonds. The molecule has 0 aliphatic carbocycles. The molecule has 0 saturated heterocycles. The SMILES string of the molecule is OC(CNCC(O)c1ccsc1)COc1ccc(Br)cc1. The normalized spacial score (nSPS) is 13.9. The minimum atomic E-state index is -0.622. The maximum absolute atomic E-state index is 9.88. The van der Waals surface area contributed by atoms with Gasteiger partial charge in [-0.15, -0.1) is 0 Å². The number of aliphatic hydroxyl groups excluding tert-OH is 2. The topological polar surface area (TPSA) is 61.7 Å². The average Bonchev–Trinajstić information content (AvgIpc) is 3.01. The van der Waals surface area contributed by atoms with Gasteiger partial charge in [0.15, 0.2) is 0 Å². The van der Waals surface area contributed by atoms with E-state index in [0.29, 0.717) is 13.1 Å². The summed E-state index contributed by atoms with van der Waals surface area (Å²) in [4.78, 5) is 0. The van der Waals surface area contributed by atoms with E-state index < -0.39 is 12.2 Å². The number of hydrogen-bond acceptors (Lipinski definition) is 5. The van der Waals surface area contributed by atoms with Crippen molar-refractivity contribution in [3.63, 3.8) is 0 Å². The van der Waals surface area contributed by atoms with Crippen molar-refractivity contribution in [2.45, 2.75) is 12.2 Å². The summed E-state index contributed by atoms with van der Waals surface area (Å²) >= 11 is 4.91. The standard InChI is InChI=1S/C15H18BrNO3S/c16-12-1-3-14(4-2-12)20-9-13(18)7-17-8-15(19)11-5-6-21-10-11/h1-6,10,13,15,17-19H,7-9H2. The molecule has 2 rings (SSSR count). The van der Waals surface area contributed by atoms with Crippen molar-refractivity contribution in [1.82, 2.24) is 5.32 Å². The molecule has 6 heteroatoms. The third-order valence-corrected chi connectivity index (χ3v) is 4.13. The van der Waals surface area contributed by atoms with Crippen molar-refractivity contribution >= 4 is 27.3 Å². The summed E-state index contributed by atoms with van der Waals surface area (Å²) in [6.07, 6.45) is -1.17. The molecule has 114 valence electrons. The lowest BCUT2D eigenvalue weighted by Gasteiger charge is -2.15. The Bertz CT molecular complexity index is 518. The van der Waals surface area contributed by atoms with Gasteiger partial charge in [0.1, 0.15) is 18.5 Å². The van der Waals surface area contributed by atoms with Crippen LogP contribution in [0.5, 0.6) is 5.75 Å². The summed E-state index contributed by atoms with van der Waals surface area (Å²) in [6, 6.07) is 9.34. The van der Waals surface area contributed by atoms with Crippen LogP contribution in [0.2, 0.25) is 0 Å². The van der Waals surface area contributed by atoms with Crippen molar-refractivity contribution in [1.29, 1.82) is 0 Å². The first kappa shape index (κ1) is 16.5. The van der Waals surface area contributed by atoms with Crippen molar-refractivity contribution < 1.29 is 14.9 Å². The summed E-state index contributed by atoms with van der Waals surface area (Å²) in [5.74, 6) is 0.718. The van der Waals surface area contributed by atoms with Gasteiger partial charge in [-0.1, -0.05) is 15.9 Å². The zero-order valence-corrected chi connectivity index (χ0v) is 13.8. The van der Waals surface area contributed by atoms with Crippen molar-refractivity contribution in [3.05, 3.63) is 51.1 Å². The van der Waals surface area contributed by atoms with E-state index in [1.165, 1.54) is 0 Å². The van der Waals surface area contributed by atoms with Gasteiger partial charge < -0.3 is 20.3 Å². The number of ether oxygens (including phenoxy) is 1. The molecule has 0 radical (unpaired) electrons. The number of halogens is 1. The van der Waals surface area contributed by atoms with Crippen LogP contribution in [0.4, 0.5) is 0 Å². The first-order valence-corrected chi connectivity index (χ1v) is 8.36. The molecule has 0 bridgehead atoms. The molecule has 1 heterocycles. The fourth-order valence-electron chi connectivity index (χ4n) is 1.75. The lowest BCUT2D eigenvalue weighted by atomic mass is 10.2. The maximum Gasteiger partial charge on any atom is 0.119 e. The molecule has 2 unspecified atom stereocenters. The van der Waals surface area contributed by atoms with Gasteiger partial charge in [0, 0.05) is 17.6 Å². The number of hydrogen-bond donors (Lipinski definition) is 3. The predicted molar refractivity (Wildman–Crippen MR) is 87.8 cm³/mol. The van der Waals surface area contributed by atoms with Gasteiger partial charge in [0.2, 0.25) is 0 Å². The van der Waals surface area contributed by atoms with E-state index in [0.717, 1.165) is 15.8 Å². The smallest absolute Gasteiger partial charge is 0.119 e. The Morgan fingerprint density at radius 3 is 2.57 bits per heavy atom. The van der Waals surface area contributed by atoms with Crippen LogP contribution in [0.3, 0.4) is 0 Å². The van der Waals surface area contributed by atoms with Crippen molar-refractivity contribution in [3.8, 4) is 5.75 Å². The van der Waals surface area contributed by atoms with E-state index >= 15 is 0 Å². The van der Waals surface area contributed by atoms with Crippen LogP contribution in [0.1, 0.15) is 11.7 Å². The van der Waals surface area contributed by atoms with Crippen LogP contribution in [0.25, 0.3) is 0 Å². The molecule has 4 nitrogen and oxygen atoms in total. The Balaban J connectivity index is 1.63. The highest BCUT2D eigenvalue weighted by Crippen LogP contribution is 2.16. The summed E-state index contributed by atoms with van der Waals surface area (Å²) in [5, 5.41) is 26.6. The summed E-state index contributed by atoms with van der Waals surface area (Å²) in [7, 11) is 0. The van der Waals surface area contributed by atoms with Gasteiger partial charge in [0.25, 0.3) is 0 Å². The van der Waals surface area contributed by atoms with E-state index in [1.54, 1.807) is 11.3 Å². The van der Waals surface area contributed by atoms with E-state index in [1.807, 2.05) is 41.1 Å². The minimum Gasteiger partial charge on any atom is -0.491 e. The first-order valence-electron chi connectivity index (χ1n) is 6.62. The van der Waals surface area contributed by atoms with Crippen molar-refractivity contribution in [2.75, 3.05) is 19.7 Å². The van der Waals surface area contributed by atoms with Crippen LogP contribution < -0.4 is 10.1 Å². The van der Waals surface area contributed by atoms with E-state index in [9.17, 15) is 10.2 Å². The summed E-state index contributed by atoms with van der Waals surface area (Å²) < 4.78 is 6.47. The third-order valence-electron chi connectivity index (χ3n) is 2.90. The highest BCUT2D eigenvalue weighted by atomic mass is 79.9. The maximum atomic E-state index is 9.88. The molecular formula is C15H18BrNO3S. The van der Waals surface area contributed by atoms with Crippen molar-refractivity contribution in [2.24, 2.45) is 0 Å². The molecular weight excluding hydrogens is 354 g/mol. The Hall–Kier alpha value is -0.920. The molecule has 1 aromatic heterocycles. The fraction of sp³-hybridized carbons (Fsp3) is 0.333. The van der Waals surface area contributed by atoms with E-state index in [-0.39, 0.29) is 6.61 Å². The molecule has 0 fully saturated rings. The number of rotatable bonds is 8. The van der Waals surface area contributed by atoms with Gasteiger partial charge in [-0.05, 0) is 46.7 Å². The van der Waals surface area contributed by atoms with Gasteiger partial charge in [-0.2, -0.15) is 11.3 Å². The number of thiophene rings is 1. The van der Waals surface area contributed by atoms with Crippen LogP contribution in [0, 0.1) is 0 Å².